The highest BCUT2D eigenvalue weighted by Crippen LogP contribution is 2.37. The molecule has 0 aromatic heterocycles. The van der Waals surface area contributed by atoms with Gasteiger partial charge in [-0.15, -0.1) is 0 Å². The maximum absolute atomic E-state index is 5.48. The van der Waals surface area contributed by atoms with E-state index in [-0.39, 0.29) is 0 Å². The van der Waals surface area contributed by atoms with Crippen LogP contribution in [0.25, 0.3) is 0 Å². The largest absolute Gasteiger partial charge is 0.496 e. The van der Waals surface area contributed by atoms with Crippen LogP contribution in [0.3, 0.4) is 0 Å². The fourth-order valence-electron chi connectivity index (χ4n) is 3.39. The number of benzene rings is 1. The molecule has 1 unspecified atom stereocenters. The molecule has 17 heavy (non-hydrogen) atoms. The highest BCUT2D eigenvalue weighted by molar-refractivity contribution is 5.49. The van der Waals surface area contributed by atoms with Gasteiger partial charge in [-0.2, -0.15) is 0 Å². The van der Waals surface area contributed by atoms with Gasteiger partial charge >= 0.3 is 0 Å². The van der Waals surface area contributed by atoms with Gasteiger partial charge in [-0.3, -0.25) is 0 Å². The van der Waals surface area contributed by atoms with Crippen LogP contribution in [0.4, 0.5) is 0 Å². The van der Waals surface area contributed by atoms with Crippen LogP contribution in [0.1, 0.15) is 41.9 Å². The Kier molecular flexibility index (Phi) is 3.06. The Balaban J connectivity index is 1.97. The van der Waals surface area contributed by atoms with E-state index in [9.17, 15) is 0 Å². The first kappa shape index (κ1) is 11.1. The molecule has 1 N–H and O–H groups in total. The van der Waals surface area contributed by atoms with E-state index in [0.29, 0.717) is 0 Å². The Hall–Kier alpha value is -1.02. The summed E-state index contributed by atoms with van der Waals surface area (Å²) in [4.78, 5) is 0. The fraction of sp³-hybridized carbons (Fsp3) is 0.600. The van der Waals surface area contributed by atoms with E-state index in [2.05, 4.69) is 17.4 Å². The minimum Gasteiger partial charge on any atom is -0.496 e. The Morgan fingerprint density at radius 1 is 1.18 bits per heavy atom. The lowest BCUT2D eigenvalue weighted by Crippen LogP contribution is -2.28. The Bertz CT molecular complexity index is 408. The molecule has 0 saturated carbocycles. The first-order valence-electron chi connectivity index (χ1n) is 6.79. The predicted octanol–water partition coefficient (Wildman–Crippen LogP) is 2.65. The first-order valence-corrected chi connectivity index (χ1v) is 6.79. The summed E-state index contributed by atoms with van der Waals surface area (Å²) >= 11 is 0. The third-order valence-corrected chi connectivity index (χ3v) is 4.23. The quantitative estimate of drug-likeness (QED) is 0.845. The molecule has 3 rings (SSSR count). The zero-order valence-electron chi connectivity index (χ0n) is 10.6. The van der Waals surface area contributed by atoms with Crippen molar-refractivity contribution in [3.63, 3.8) is 0 Å². The summed E-state index contributed by atoms with van der Waals surface area (Å²) in [6.45, 7) is 2.34. The van der Waals surface area contributed by atoms with Crippen LogP contribution in [0.2, 0.25) is 0 Å². The monoisotopic (exact) mass is 231 g/mol. The van der Waals surface area contributed by atoms with E-state index in [1.165, 1.54) is 44.2 Å². The summed E-state index contributed by atoms with van der Waals surface area (Å²) in [5.41, 5.74) is 4.67. The molecule has 2 nitrogen and oxygen atoms in total. The SMILES string of the molecule is COc1ccc(C2CCCNC2)c2c1CCC2. The van der Waals surface area contributed by atoms with Gasteiger partial charge in [0, 0.05) is 6.54 Å². The molecule has 0 amide bonds. The van der Waals surface area contributed by atoms with Crippen LogP contribution in [0.15, 0.2) is 12.1 Å². The maximum Gasteiger partial charge on any atom is 0.122 e. The molecule has 1 aliphatic heterocycles. The van der Waals surface area contributed by atoms with E-state index in [4.69, 9.17) is 4.74 Å². The molecule has 1 atom stereocenters. The van der Waals surface area contributed by atoms with Crippen molar-refractivity contribution in [1.82, 2.24) is 5.32 Å². The van der Waals surface area contributed by atoms with E-state index in [0.717, 1.165) is 18.2 Å². The van der Waals surface area contributed by atoms with Gasteiger partial charge in [0.05, 0.1) is 7.11 Å². The summed E-state index contributed by atoms with van der Waals surface area (Å²) < 4.78 is 5.48. The highest BCUT2D eigenvalue weighted by atomic mass is 16.5. The molecule has 0 bridgehead atoms. The van der Waals surface area contributed by atoms with Gasteiger partial charge in [-0.25, -0.2) is 0 Å². The van der Waals surface area contributed by atoms with Gasteiger partial charge in [-0.05, 0) is 67.3 Å². The van der Waals surface area contributed by atoms with Crippen molar-refractivity contribution in [3.8, 4) is 5.75 Å². The molecule has 1 saturated heterocycles. The van der Waals surface area contributed by atoms with Gasteiger partial charge in [0.1, 0.15) is 5.75 Å². The Labute approximate surface area is 103 Å². The summed E-state index contributed by atoms with van der Waals surface area (Å²) in [5.74, 6) is 1.83. The zero-order chi connectivity index (χ0) is 11.7. The first-order chi connectivity index (χ1) is 8.40. The smallest absolute Gasteiger partial charge is 0.122 e. The number of ether oxygens (including phenoxy) is 1. The second-order valence-electron chi connectivity index (χ2n) is 5.21. The number of hydrogen-bond donors (Lipinski definition) is 1. The summed E-state index contributed by atoms with van der Waals surface area (Å²) in [5, 5.41) is 3.52. The van der Waals surface area contributed by atoms with Gasteiger partial charge in [0.25, 0.3) is 0 Å². The summed E-state index contributed by atoms with van der Waals surface area (Å²) in [6, 6.07) is 4.48. The molecule has 1 aromatic carbocycles. The van der Waals surface area contributed by atoms with Crippen LogP contribution in [0, 0.1) is 0 Å². The molecule has 2 heteroatoms. The molecule has 1 aliphatic carbocycles. The van der Waals surface area contributed by atoms with Crippen LogP contribution in [-0.4, -0.2) is 20.2 Å². The molecule has 0 radical (unpaired) electrons. The lowest BCUT2D eigenvalue weighted by molar-refractivity contribution is 0.409. The molecule has 2 aliphatic rings. The van der Waals surface area contributed by atoms with Crippen molar-refractivity contribution < 1.29 is 4.74 Å². The predicted molar refractivity (Wildman–Crippen MR) is 69.9 cm³/mol. The molecular formula is C15H21NO. The van der Waals surface area contributed by atoms with Crippen molar-refractivity contribution in [2.75, 3.05) is 20.2 Å². The standard InChI is InChI=1S/C15H21NO/c1-17-15-8-7-12(11-4-3-9-16-10-11)13-5-2-6-14(13)15/h7-8,11,16H,2-6,9-10H2,1H3. The lowest BCUT2D eigenvalue weighted by atomic mass is 9.87. The molecule has 1 aromatic rings. The fourth-order valence-corrected chi connectivity index (χ4v) is 3.39. The van der Waals surface area contributed by atoms with Crippen molar-refractivity contribution in [1.29, 1.82) is 0 Å². The van der Waals surface area contributed by atoms with Gasteiger partial charge in [0.2, 0.25) is 0 Å². The summed E-state index contributed by atoms with van der Waals surface area (Å²) in [7, 11) is 1.79. The third-order valence-electron chi connectivity index (χ3n) is 4.23. The number of rotatable bonds is 2. The topological polar surface area (TPSA) is 21.3 Å². The second-order valence-corrected chi connectivity index (χ2v) is 5.21. The number of piperidine rings is 1. The van der Waals surface area contributed by atoms with Gasteiger partial charge in [-0.1, -0.05) is 6.07 Å². The zero-order valence-corrected chi connectivity index (χ0v) is 10.6. The van der Waals surface area contributed by atoms with Crippen molar-refractivity contribution in [2.24, 2.45) is 0 Å². The van der Waals surface area contributed by atoms with E-state index in [1.807, 2.05) is 0 Å². The molecule has 0 spiro atoms. The van der Waals surface area contributed by atoms with E-state index >= 15 is 0 Å². The summed E-state index contributed by atoms with van der Waals surface area (Å²) in [6.07, 6.45) is 6.39. The van der Waals surface area contributed by atoms with E-state index in [1.54, 1.807) is 18.2 Å². The number of nitrogens with one attached hydrogen (secondary N) is 1. The van der Waals surface area contributed by atoms with E-state index < -0.39 is 0 Å². The van der Waals surface area contributed by atoms with Crippen molar-refractivity contribution in [2.45, 2.75) is 38.0 Å². The second kappa shape index (κ2) is 4.69. The van der Waals surface area contributed by atoms with Crippen LogP contribution >= 0.6 is 0 Å². The normalized spacial score (nSPS) is 23.5. The minimum absolute atomic E-state index is 0.724. The highest BCUT2D eigenvalue weighted by Gasteiger charge is 2.24. The third kappa shape index (κ3) is 1.95. The minimum atomic E-state index is 0.724. The molecular weight excluding hydrogens is 210 g/mol. The van der Waals surface area contributed by atoms with Crippen LogP contribution < -0.4 is 10.1 Å². The average Bonchev–Trinajstić information content (AvgIpc) is 2.88. The van der Waals surface area contributed by atoms with Gasteiger partial charge < -0.3 is 10.1 Å². The Morgan fingerprint density at radius 3 is 2.82 bits per heavy atom. The molecule has 1 heterocycles. The molecule has 1 fully saturated rings. The van der Waals surface area contributed by atoms with Crippen LogP contribution in [0.5, 0.6) is 5.75 Å². The average molecular weight is 231 g/mol. The maximum atomic E-state index is 5.48. The lowest BCUT2D eigenvalue weighted by Gasteiger charge is -2.25. The Morgan fingerprint density at radius 2 is 2.06 bits per heavy atom. The number of fused-ring (bicyclic) bond motifs is 1. The van der Waals surface area contributed by atoms with Crippen molar-refractivity contribution in [3.05, 3.63) is 28.8 Å². The van der Waals surface area contributed by atoms with Crippen molar-refractivity contribution >= 4 is 0 Å². The molecule has 92 valence electrons. The number of hydrogen-bond acceptors (Lipinski definition) is 2. The van der Waals surface area contributed by atoms with Crippen LogP contribution in [-0.2, 0) is 12.8 Å². The number of methoxy groups -OCH3 is 1. The van der Waals surface area contributed by atoms with Gasteiger partial charge in [0.15, 0.2) is 0 Å².